The van der Waals surface area contributed by atoms with Gasteiger partial charge in [0, 0.05) is 5.56 Å². The molecular formula is C12H10Cl2O2. The summed E-state index contributed by atoms with van der Waals surface area (Å²) in [7, 11) is 0. The van der Waals surface area contributed by atoms with Crippen LogP contribution in [0.25, 0.3) is 0 Å². The van der Waals surface area contributed by atoms with Crippen molar-refractivity contribution in [1.29, 1.82) is 0 Å². The lowest BCUT2D eigenvalue weighted by molar-refractivity contribution is -0.120. The van der Waals surface area contributed by atoms with Crippen LogP contribution in [-0.4, -0.2) is 16.4 Å². The van der Waals surface area contributed by atoms with Crippen LogP contribution >= 0.6 is 23.2 Å². The van der Waals surface area contributed by atoms with E-state index in [0.29, 0.717) is 12.0 Å². The third kappa shape index (κ3) is 2.00. The molecule has 1 aliphatic rings. The van der Waals surface area contributed by atoms with Crippen LogP contribution in [0.2, 0.25) is 0 Å². The lowest BCUT2D eigenvalue weighted by Crippen LogP contribution is -2.32. The molecule has 0 N–H and O–H groups in total. The molecule has 0 saturated carbocycles. The van der Waals surface area contributed by atoms with Gasteiger partial charge in [0.2, 0.25) is 0 Å². The Morgan fingerprint density at radius 1 is 1.31 bits per heavy atom. The van der Waals surface area contributed by atoms with Crippen molar-refractivity contribution in [3.05, 3.63) is 35.4 Å². The minimum absolute atomic E-state index is 0.154. The molecule has 1 aromatic carbocycles. The van der Waals surface area contributed by atoms with E-state index in [4.69, 9.17) is 23.2 Å². The standard InChI is InChI=1S/C12H10Cl2O2/c13-12(14)11(16)9-6-5-7-3-1-2-4-8(7)10(9)15/h1-4,9,12H,5-6H2. The first kappa shape index (κ1) is 11.6. The second-order valence-electron chi connectivity index (χ2n) is 3.82. The van der Waals surface area contributed by atoms with E-state index in [1.807, 2.05) is 12.1 Å². The average molecular weight is 257 g/mol. The summed E-state index contributed by atoms with van der Waals surface area (Å²) in [6.07, 6.45) is 1.23. The van der Waals surface area contributed by atoms with Crippen LogP contribution in [0.5, 0.6) is 0 Å². The molecular weight excluding hydrogens is 247 g/mol. The quantitative estimate of drug-likeness (QED) is 0.603. The molecule has 16 heavy (non-hydrogen) atoms. The fourth-order valence-corrected chi connectivity index (χ4v) is 2.33. The summed E-state index contributed by atoms with van der Waals surface area (Å²) in [4.78, 5) is 22.5. The third-order valence-electron chi connectivity index (χ3n) is 2.86. The molecule has 2 nitrogen and oxygen atoms in total. The Bertz CT molecular complexity index is 440. The molecule has 0 spiro atoms. The van der Waals surface area contributed by atoms with E-state index < -0.39 is 10.8 Å². The molecule has 4 heteroatoms. The number of carbonyl (C=O) groups excluding carboxylic acids is 2. The van der Waals surface area contributed by atoms with Gasteiger partial charge in [-0.25, -0.2) is 0 Å². The SMILES string of the molecule is O=C1c2ccccc2CCC1C(=O)C(Cl)Cl. The largest absolute Gasteiger partial charge is 0.296 e. The number of hydrogen-bond donors (Lipinski definition) is 0. The van der Waals surface area contributed by atoms with Crippen molar-refractivity contribution in [2.45, 2.75) is 17.7 Å². The zero-order valence-electron chi connectivity index (χ0n) is 8.45. The fourth-order valence-electron chi connectivity index (χ4n) is 2.02. The summed E-state index contributed by atoms with van der Waals surface area (Å²) in [6, 6.07) is 7.34. The maximum Gasteiger partial charge on any atom is 0.176 e. The van der Waals surface area contributed by atoms with Gasteiger partial charge in [-0.3, -0.25) is 9.59 Å². The zero-order chi connectivity index (χ0) is 11.7. The van der Waals surface area contributed by atoms with Crippen molar-refractivity contribution >= 4 is 34.8 Å². The number of carbonyl (C=O) groups is 2. The fraction of sp³-hybridized carbons (Fsp3) is 0.333. The Morgan fingerprint density at radius 3 is 2.69 bits per heavy atom. The Balaban J connectivity index is 2.31. The minimum Gasteiger partial charge on any atom is -0.296 e. The maximum absolute atomic E-state index is 12.0. The Hall–Kier alpha value is -0.860. The first-order valence-corrected chi connectivity index (χ1v) is 5.92. The number of ketones is 2. The normalized spacial score (nSPS) is 19.7. The highest BCUT2D eigenvalue weighted by Gasteiger charge is 2.34. The van der Waals surface area contributed by atoms with E-state index in [-0.39, 0.29) is 11.6 Å². The molecule has 2 rings (SSSR count). The summed E-state index contributed by atoms with van der Waals surface area (Å²) >= 11 is 11.0. The number of Topliss-reactive ketones (excluding diaryl/α,β-unsaturated/α-hetero) is 2. The Morgan fingerprint density at radius 2 is 2.00 bits per heavy atom. The topological polar surface area (TPSA) is 34.1 Å². The zero-order valence-corrected chi connectivity index (χ0v) is 9.96. The van der Waals surface area contributed by atoms with E-state index in [1.54, 1.807) is 12.1 Å². The van der Waals surface area contributed by atoms with Crippen molar-refractivity contribution in [1.82, 2.24) is 0 Å². The summed E-state index contributed by atoms with van der Waals surface area (Å²) in [5.74, 6) is -1.21. The number of rotatable bonds is 2. The molecule has 1 atom stereocenters. The van der Waals surface area contributed by atoms with Crippen LogP contribution in [0, 0.1) is 5.92 Å². The van der Waals surface area contributed by atoms with Crippen LogP contribution in [-0.2, 0) is 11.2 Å². The summed E-state index contributed by atoms with van der Waals surface area (Å²) < 4.78 is 0. The highest BCUT2D eigenvalue weighted by molar-refractivity contribution is 6.54. The van der Waals surface area contributed by atoms with Crippen LogP contribution in [0.15, 0.2) is 24.3 Å². The van der Waals surface area contributed by atoms with Gasteiger partial charge in [-0.1, -0.05) is 47.5 Å². The van der Waals surface area contributed by atoms with E-state index in [9.17, 15) is 9.59 Å². The summed E-state index contributed by atoms with van der Waals surface area (Å²) in [5, 5.41) is 0. The predicted octanol–water partition coefficient (Wildman–Crippen LogP) is 2.80. The molecule has 84 valence electrons. The summed E-state index contributed by atoms with van der Waals surface area (Å²) in [6.45, 7) is 0. The number of halogens is 2. The molecule has 0 saturated heterocycles. The van der Waals surface area contributed by atoms with Gasteiger partial charge in [-0.2, -0.15) is 0 Å². The van der Waals surface area contributed by atoms with Gasteiger partial charge in [0.05, 0.1) is 5.92 Å². The lowest BCUT2D eigenvalue weighted by Gasteiger charge is -2.22. The van der Waals surface area contributed by atoms with Crippen LogP contribution in [0.3, 0.4) is 0 Å². The molecule has 0 heterocycles. The van der Waals surface area contributed by atoms with Gasteiger partial charge in [0.25, 0.3) is 0 Å². The van der Waals surface area contributed by atoms with Crippen LogP contribution < -0.4 is 0 Å². The first-order chi connectivity index (χ1) is 7.61. The van der Waals surface area contributed by atoms with E-state index in [0.717, 1.165) is 12.0 Å². The van der Waals surface area contributed by atoms with Gasteiger partial charge < -0.3 is 0 Å². The van der Waals surface area contributed by atoms with Crippen molar-refractivity contribution in [3.8, 4) is 0 Å². The molecule has 0 aromatic heterocycles. The molecule has 0 aliphatic heterocycles. The second-order valence-corrected chi connectivity index (χ2v) is 4.91. The van der Waals surface area contributed by atoms with Crippen LogP contribution in [0.1, 0.15) is 22.3 Å². The highest BCUT2D eigenvalue weighted by atomic mass is 35.5. The monoisotopic (exact) mass is 256 g/mol. The van der Waals surface area contributed by atoms with Gasteiger partial charge in [0.15, 0.2) is 16.4 Å². The van der Waals surface area contributed by atoms with Gasteiger partial charge in [-0.15, -0.1) is 0 Å². The maximum atomic E-state index is 12.0. The van der Waals surface area contributed by atoms with Crippen molar-refractivity contribution in [2.75, 3.05) is 0 Å². The van der Waals surface area contributed by atoms with Crippen molar-refractivity contribution in [3.63, 3.8) is 0 Å². The molecule has 0 bridgehead atoms. The van der Waals surface area contributed by atoms with Crippen molar-refractivity contribution in [2.24, 2.45) is 5.92 Å². The predicted molar refractivity (Wildman–Crippen MR) is 63.1 cm³/mol. The minimum atomic E-state index is -1.11. The number of fused-ring (bicyclic) bond motifs is 1. The number of alkyl halides is 2. The van der Waals surface area contributed by atoms with Gasteiger partial charge >= 0.3 is 0 Å². The van der Waals surface area contributed by atoms with E-state index in [1.165, 1.54) is 0 Å². The molecule has 1 unspecified atom stereocenters. The Kier molecular flexibility index (Phi) is 3.31. The summed E-state index contributed by atoms with van der Waals surface area (Å²) in [5.41, 5.74) is 1.62. The van der Waals surface area contributed by atoms with E-state index >= 15 is 0 Å². The third-order valence-corrected chi connectivity index (χ3v) is 3.29. The van der Waals surface area contributed by atoms with Gasteiger partial charge in [-0.05, 0) is 18.4 Å². The first-order valence-electron chi connectivity index (χ1n) is 5.05. The Labute approximate surface area is 104 Å². The number of hydrogen-bond acceptors (Lipinski definition) is 2. The molecule has 1 aliphatic carbocycles. The number of benzene rings is 1. The van der Waals surface area contributed by atoms with E-state index in [2.05, 4.69) is 0 Å². The molecule has 1 aromatic rings. The van der Waals surface area contributed by atoms with Crippen molar-refractivity contribution < 1.29 is 9.59 Å². The average Bonchev–Trinajstić information content (AvgIpc) is 2.29. The van der Waals surface area contributed by atoms with Gasteiger partial charge in [0.1, 0.15) is 0 Å². The van der Waals surface area contributed by atoms with Crippen LogP contribution in [0.4, 0.5) is 0 Å². The smallest absolute Gasteiger partial charge is 0.176 e. The molecule has 0 radical (unpaired) electrons. The second kappa shape index (κ2) is 4.56. The molecule has 0 fully saturated rings. The highest BCUT2D eigenvalue weighted by Crippen LogP contribution is 2.28. The lowest BCUT2D eigenvalue weighted by atomic mass is 9.81. The molecule has 0 amide bonds. The number of aryl methyl sites for hydroxylation is 1.